The summed E-state index contributed by atoms with van der Waals surface area (Å²) in [6.07, 6.45) is 3.53. The van der Waals surface area contributed by atoms with Gasteiger partial charge in [0.15, 0.2) is 0 Å². The van der Waals surface area contributed by atoms with Crippen LogP contribution in [0, 0.1) is 0 Å². The van der Waals surface area contributed by atoms with Crippen LogP contribution in [-0.4, -0.2) is 19.2 Å². The van der Waals surface area contributed by atoms with Crippen molar-refractivity contribution in [3.05, 3.63) is 29.3 Å². The zero-order chi connectivity index (χ0) is 9.10. The van der Waals surface area contributed by atoms with Crippen LogP contribution in [0.5, 0.6) is 0 Å². The summed E-state index contributed by atoms with van der Waals surface area (Å²) in [5, 5.41) is 2.62. The molecule has 1 aromatic carbocycles. The van der Waals surface area contributed by atoms with Crippen molar-refractivity contribution in [1.29, 1.82) is 0 Å². The molecule has 0 aliphatic carbocycles. The molecule has 66 valence electrons. The normalized spacial score (nSPS) is 13.5. The number of aliphatic imine (C=N–C) groups is 1. The Kier molecular flexibility index (Phi) is 2.08. The van der Waals surface area contributed by atoms with Crippen LogP contribution in [0.15, 0.2) is 23.2 Å². The van der Waals surface area contributed by atoms with Gasteiger partial charge < -0.3 is 5.32 Å². The second-order valence-corrected chi connectivity index (χ2v) is 2.96. The van der Waals surface area contributed by atoms with E-state index in [1.165, 1.54) is 5.56 Å². The molecule has 0 radical (unpaired) electrons. The van der Waals surface area contributed by atoms with E-state index < -0.39 is 0 Å². The smallest absolute Gasteiger partial charge is 0.211 e. The molecule has 1 aromatic rings. The van der Waals surface area contributed by atoms with Crippen LogP contribution in [-0.2, 0) is 11.2 Å². The summed E-state index contributed by atoms with van der Waals surface area (Å²) < 4.78 is 0. The van der Waals surface area contributed by atoms with Gasteiger partial charge in [0.2, 0.25) is 6.41 Å². The SMILES string of the molecule is O=CNc1ccc2c(c1)C=NCC2. The minimum Gasteiger partial charge on any atom is -0.329 e. The van der Waals surface area contributed by atoms with E-state index in [1.807, 2.05) is 24.4 Å². The van der Waals surface area contributed by atoms with E-state index in [4.69, 9.17) is 0 Å². The molecular formula is C10H10N2O. The summed E-state index contributed by atoms with van der Waals surface area (Å²) in [7, 11) is 0. The monoisotopic (exact) mass is 174 g/mol. The maximum atomic E-state index is 10.2. The second kappa shape index (κ2) is 3.39. The Labute approximate surface area is 76.5 Å². The zero-order valence-corrected chi connectivity index (χ0v) is 7.16. The molecule has 2 rings (SSSR count). The maximum absolute atomic E-state index is 10.2. The Morgan fingerprint density at radius 2 is 2.38 bits per heavy atom. The molecule has 1 heterocycles. The maximum Gasteiger partial charge on any atom is 0.211 e. The van der Waals surface area contributed by atoms with Gasteiger partial charge in [0.25, 0.3) is 0 Å². The summed E-state index contributed by atoms with van der Waals surface area (Å²) in [6.45, 7) is 0.869. The number of carbonyl (C=O) groups is 1. The molecule has 1 N–H and O–H groups in total. The van der Waals surface area contributed by atoms with Crippen molar-refractivity contribution < 1.29 is 4.79 Å². The lowest BCUT2D eigenvalue weighted by Gasteiger charge is -2.10. The lowest BCUT2D eigenvalue weighted by atomic mass is 10.0. The predicted octanol–water partition coefficient (Wildman–Crippen LogP) is 1.23. The van der Waals surface area contributed by atoms with Gasteiger partial charge in [-0.15, -0.1) is 0 Å². The molecule has 0 atom stereocenters. The Morgan fingerprint density at radius 1 is 1.46 bits per heavy atom. The molecule has 13 heavy (non-hydrogen) atoms. The van der Waals surface area contributed by atoms with Crippen LogP contribution in [0.1, 0.15) is 11.1 Å². The lowest BCUT2D eigenvalue weighted by molar-refractivity contribution is -0.105. The van der Waals surface area contributed by atoms with Crippen LogP contribution in [0.25, 0.3) is 0 Å². The highest BCUT2D eigenvalue weighted by Gasteiger charge is 2.04. The molecule has 0 aromatic heterocycles. The van der Waals surface area contributed by atoms with Crippen LogP contribution in [0.3, 0.4) is 0 Å². The fraction of sp³-hybridized carbons (Fsp3) is 0.200. The summed E-state index contributed by atoms with van der Waals surface area (Å²) in [4.78, 5) is 14.4. The fourth-order valence-corrected chi connectivity index (χ4v) is 1.45. The van der Waals surface area contributed by atoms with Gasteiger partial charge in [-0.1, -0.05) is 6.07 Å². The first-order valence-corrected chi connectivity index (χ1v) is 4.23. The first-order valence-electron chi connectivity index (χ1n) is 4.23. The highest BCUT2D eigenvalue weighted by molar-refractivity contribution is 5.86. The van der Waals surface area contributed by atoms with Crippen molar-refractivity contribution >= 4 is 18.3 Å². The molecule has 1 aliphatic rings. The van der Waals surface area contributed by atoms with Crippen LogP contribution in [0.2, 0.25) is 0 Å². The minimum absolute atomic E-state index is 0.682. The highest BCUT2D eigenvalue weighted by Crippen LogP contribution is 2.16. The molecule has 3 nitrogen and oxygen atoms in total. The average molecular weight is 174 g/mol. The summed E-state index contributed by atoms with van der Waals surface area (Å²) in [6, 6.07) is 5.88. The number of nitrogens with zero attached hydrogens (tertiary/aromatic N) is 1. The van der Waals surface area contributed by atoms with E-state index >= 15 is 0 Å². The zero-order valence-electron chi connectivity index (χ0n) is 7.16. The molecule has 0 saturated heterocycles. The molecule has 0 bridgehead atoms. The molecule has 0 fully saturated rings. The van der Waals surface area contributed by atoms with Crippen molar-refractivity contribution in [2.24, 2.45) is 4.99 Å². The van der Waals surface area contributed by atoms with Crippen molar-refractivity contribution in [2.45, 2.75) is 6.42 Å². The van der Waals surface area contributed by atoms with Gasteiger partial charge in [-0.05, 0) is 29.7 Å². The third-order valence-corrected chi connectivity index (χ3v) is 2.11. The first kappa shape index (κ1) is 7.98. The number of carbonyl (C=O) groups excluding carboxylic acids is 1. The number of anilines is 1. The fourth-order valence-electron chi connectivity index (χ4n) is 1.45. The molecule has 0 saturated carbocycles. The Hall–Kier alpha value is -1.64. The van der Waals surface area contributed by atoms with E-state index in [-0.39, 0.29) is 0 Å². The molecule has 1 amide bonds. The third-order valence-electron chi connectivity index (χ3n) is 2.11. The van der Waals surface area contributed by atoms with Gasteiger partial charge in [-0.2, -0.15) is 0 Å². The summed E-state index contributed by atoms with van der Waals surface area (Å²) in [5.41, 5.74) is 3.23. The van der Waals surface area contributed by atoms with E-state index in [1.54, 1.807) is 0 Å². The van der Waals surface area contributed by atoms with Gasteiger partial charge in [-0.25, -0.2) is 0 Å². The molecule has 1 aliphatic heterocycles. The van der Waals surface area contributed by atoms with Crippen LogP contribution < -0.4 is 5.32 Å². The largest absolute Gasteiger partial charge is 0.329 e. The Balaban J connectivity index is 2.36. The minimum atomic E-state index is 0.682. The third kappa shape index (κ3) is 1.59. The van der Waals surface area contributed by atoms with Gasteiger partial charge in [0.1, 0.15) is 0 Å². The van der Waals surface area contributed by atoms with Crippen molar-refractivity contribution in [3.8, 4) is 0 Å². The van der Waals surface area contributed by atoms with Crippen LogP contribution in [0.4, 0.5) is 5.69 Å². The van der Waals surface area contributed by atoms with Gasteiger partial charge in [-0.3, -0.25) is 9.79 Å². The van der Waals surface area contributed by atoms with Crippen molar-refractivity contribution in [1.82, 2.24) is 0 Å². The summed E-state index contributed by atoms with van der Waals surface area (Å²) in [5.74, 6) is 0. The number of amides is 1. The van der Waals surface area contributed by atoms with E-state index in [0.29, 0.717) is 6.41 Å². The molecule has 0 spiro atoms. The van der Waals surface area contributed by atoms with E-state index in [0.717, 1.165) is 24.2 Å². The lowest BCUT2D eigenvalue weighted by Crippen LogP contribution is -2.04. The number of benzene rings is 1. The first-order chi connectivity index (χ1) is 6.40. The quantitative estimate of drug-likeness (QED) is 0.673. The predicted molar refractivity (Wildman–Crippen MR) is 52.3 cm³/mol. The standard InChI is InChI=1S/C10H10N2O/c13-7-12-10-2-1-8-3-4-11-6-9(8)5-10/h1-2,5-7H,3-4H2,(H,12,13). The van der Waals surface area contributed by atoms with Gasteiger partial charge in [0, 0.05) is 18.4 Å². The number of fused-ring (bicyclic) bond motifs is 1. The Bertz CT molecular complexity index is 358. The molecule has 0 unspecified atom stereocenters. The number of nitrogens with one attached hydrogen (secondary N) is 1. The Morgan fingerprint density at radius 3 is 3.23 bits per heavy atom. The van der Waals surface area contributed by atoms with Crippen molar-refractivity contribution in [3.63, 3.8) is 0 Å². The molecular weight excluding hydrogens is 164 g/mol. The topological polar surface area (TPSA) is 41.5 Å². The van der Waals surface area contributed by atoms with Gasteiger partial charge in [0.05, 0.1) is 0 Å². The highest BCUT2D eigenvalue weighted by atomic mass is 16.1. The average Bonchev–Trinajstić information content (AvgIpc) is 2.18. The number of rotatable bonds is 2. The number of hydrogen-bond donors (Lipinski definition) is 1. The summed E-state index contributed by atoms with van der Waals surface area (Å²) >= 11 is 0. The van der Waals surface area contributed by atoms with Crippen LogP contribution >= 0.6 is 0 Å². The van der Waals surface area contributed by atoms with Gasteiger partial charge >= 0.3 is 0 Å². The molecule has 3 heteroatoms. The van der Waals surface area contributed by atoms with E-state index in [2.05, 4.69) is 10.3 Å². The van der Waals surface area contributed by atoms with E-state index in [9.17, 15) is 4.79 Å². The second-order valence-electron chi connectivity index (χ2n) is 2.96. The van der Waals surface area contributed by atoms with Crippen molar-refractivity contribution in [2.75, 3.05) is 11.9 Å². The number of hydrogen-bond acceptors (Lipinski definition) is 2.